The highest BCUT2D eigenvalue weighted by Crippen LogP contribution is 2.08. The molecule has 23 heavy (non-hydrogen) atoms. The van der Waals surface area contributed by atoms with E-state index in [-0.39, 0.29) is 36.0 Å². The van der Waals surface area contributed by atoms with Crippen LogP contribution in [0.25, 0.3) is 0 Å². The van der Waals surface area contributed by atoms with Crippen LogP contribution in [-0.2, 0) is 19.1 Å². The third kappa shape index (κ3) is 8.24. The van der Waals surface area contributed by atoms with Crippen molar-refractivity contribution in [2.75, 3.05) is 23.4 Å². The normalized spacial score (nSPS) is 11.6. The maximum Gasteiger partial charge on any atom is 0.316 e. The molecule has 8 nitrogen and oxygen atoms in total. The molecule has 0 aliphatic carbocycles. The van der Waals surface area contributed by atoms with Gasteiger partial charge in [-0.3, -0.25) is 14.4 Å². The van der Waals surface area contributed by atoms with Crippen molar-refractivity contribution < 1.29 is 23.6 Å². The number of anilines is 1. The molecule has 128 valence electrons. The third-order valence-corrected chi connectivity index (χ3v) is 3.64. The topological polar surface area (TPSA) is 111 Å². The Labute approximate surface area is 138 Å². The predicted molar refractivity (Wildman–Crippen MR) is 86.0 cm³/mol. The molecule has 0 aliphatic rings. The highest BCUT2D eigenvalue weighted by Gasteiger charge is 2.11. The summed E-state index contributed by atoms with van der Waals surface area (Å²) in [5.41, 5.74) is 0. The Morgan fingerprint density at radius 3 is 2.70 bits per heavy atom. The summed E-state index contributed by atoms with van der Waals surface area (Å²) in [5.74, 6) is -0.200. The maximum atomic E-state index is 11.6. The first-order valence-corrected chi connectivity index (χ1v) is 8.32. The molecule has 0 unspecified atom stereocenters. The summed E-state index contributed by atoms with van der Waals surface area (Å²) in [6.45, 7) is 5.21. The average molecular weight is 343 g/mol. The van der Waals surface area contributed by atoms with E-state index < -0.39 is 5.97 Å². The lowest BCUT2D eigenvalue weighted by molar-refractivity contribution is -0.146. The van der Waals surface area contributed by atoms with Crippen LogP contribution >= 0.6 is 11.8 Å². The first-order chi connectivity index (χ1) is 10.9. The molecule has 0 saturated heterocycles. The molecular formula is C14H21N3O5S. The van der Waals surface area contributed by atoms with Gasteiger partial charge >= 0.3 is 5.97 Å². The first-order valence-electron chi connectivity index (χ1n) is 7.16. The number of carbonyl (C=O) groups is 3. The van der Waals surface area contributed by atoms with E-state index in [1.54, 1.807) is 13.0 Å². The summed E-state index contributed by atoms with van der Waals surface area (Å²) in [6.07, 6.45) is 0.801. The minimum absolute atomic E-state index is 0.0120. The SMILES string of the molecule is CC[C@@H](C)NC(=O)COC(=O)CSCC(=O)Nc1cc(C)on1. The fourth-order valence-corrected chi connectivity index (χ4v) is 2.05. The molecule has 1 aromatic heterocycles. The molecule has 9 heteroatoms. The molecule has 0 aliphatic heterocycles. The number of ether oxygens (including phenoxy) is 1. The number of amides is 2. The number of nitrogens with one attached hydrogen (secondary N) is 2. The van der Waals surface area contributed by atoms with Gasteiger partial charge < -0.3 is 19.9 Å². The van der Waals surface area contributed by atoms with Crippen LogP contribution in [0.2, 0.25) is 0 Å². The van der Waals surface area contributed by atoms with Gasteiger partial charge in [-0.1, -0.05) is 12.1 Å². The van der Waals surface area contributed by atoms with Crippen LogP contribution < -0.4 is 10.6 Å². The summed E-state index contributed by atoms with van der Waals surface area (Å²) in [4.78, 5) is 34.5. The Balaban J connectivity index is 2.13. The van der Waals surface area contributed by atoms with E-state index in [4.69, 9.17) is 9.26 Å². The molecule has 2 amide bonds. The van der Waals surface area contributed by atoms with Gasteiger partial charge in [-0.05, 0) is 20.3 Å². The van der Waals surface area contributed by atoms with E-state index in [0.29, 0.717) is 11.6 Å². The fourth-order valence-electron chi connectivity index (χ4n) is 1.44. The van der Waals surface area contributed by atoms with Crippen LogP contribution in [0, 0.1) is 6.92 Å². The predicted octanol–water partition coefficient (Wildman–Crippen LogP) is 1.11. The van der Waals surface area contributed by atoms with Crippen molar-refractivity contribution in [3.63, 3.8) is 0 Å². The largest absolute Gasteiger partial charge is 0.455 e. The van der Waals surface area contributed by atoms with Crippen LogP contribution in [0.5, 0.6) is 0 Å². The quantitative estimate of drug-likeness (QED) is 0.646. The average Bonchev–Trinajstić information content (AvgIpc) is 2.90. The van der Waals surface area contributed by atoms with Crippen LogP contribution in [0.3, 0.4) is 0 Å². The van der Waals surface area contributed by atoms with E-state index in [9.17, 15) is 14.4 Å². The third-order valence-electron chi connectivity index (χ3n) is 2.73. The molecule has 0 aromatic carbocycles. The van der Waals surface area contributed by atoms with Gasteiger partial charge in [0.2, 0.25) is 5.91 Å². The number of aromatic nitrogens is 1. The molecule has 0 spiro atoms. The number of hydrogen-bond acceptors (Lipinski definition) is 7. The summed E-state index contributed by atoms with van der Waals surface area (Å²) in [7, 11) is 0. The van der Waals surface area contributed by atoms with E-state index in [2.05, 4.69) is 15.8 Å². The van der Waals surface area contributed by atoms with Crippen molar-refractivity contribution in [1.82, 2.24) is 10.5 Å². The zero-order valence-corrected chi connectivity index (χ0v) is 14.2. The van der Waals surface area contributed by atoms with Crippen LogP contribution in [-0.4, -0.2) is 47.1 Å². The van der Waals surface area contributed by atoms with Gasteiger partial charge in [0.15, 0.2) is 12.4 Å². The maximum absolute atomic E-state index is 11.6. The first kappa shape index (κ1) is 19.0. The van der Waals surface area contributed by atoms with Gasteiger partial charge in [0.05, 0.1) is 11.5 Å². The summed E-state index contributed by atoms with van der Waals surface area (Å²) in [5, 5.41) is 8.85. The van der Waals surface area contributed by atoms with Crippen molar-refractivity contribution in [3.05, 3.63) is 11.8 Å². The van der Waals surface area contributed by atoms with Crippen LogP contribution in [0.1, 0.15) is 26.0 Å². The van der Waals surface area contributed by atoms with Gasteiger partial charge in [-0.2, -0.15) is 0 Å². The Bertz CT molecular complexity index is 546. The van der Waals surface area contributed by atoms with Crippen LogP contribution in [0.4, 0.5) is 5.82 Å². The molecule has 1 heterocycles. The fraction of sp³-hybridized carbons (Fsp3) is 0.571. The van der Waals surface area contributed by atoms with Gasteiger partial charge in [0.1, 0.15) is 5.76 Å². The van der Waals surface area contributed by atoms with E-state index in [1.807, 2.05) is 13.8 Å². The molecule has 0 bridgehead atoms. The number of nitrogens with zero attached hydrogens (tertiary/aromatic N) is 1. The molecular weight excluding hydrogens is 322 g/mol. The van der Waals surface area contributed by atoms with Gasteiger partial charge in [0, 0.05) is 12.1 Å². The zero-order chi connectivity index (χ0) is 17.2. The Morgan fingerprint density at radius 2 is 2.09 bits per heavy atom. The van der Waals surface area contributed by atoms with E-state index >= 15 is 0 Å². The Hall–Kier alpha value is -2.03. The smallest absolute Gasteiger partial charge is 0.316 e. The Kier molecular flexibility index (Phi) is 8.17. The lowest BCUT2D eigenvalue weighted by Gasteiger charge is -2.11. The number of thioether (sulfide) groups is 1. The minimum Gasteiger partial charge on any atom is -0.455 e. The highest BCUT2D eigenvalue weighted by molar-refractivity contribution is 8.00. The highest BCUT2D eigenvalue weighted by atomic mass is 32.2. The van der Waals surface area contributed by atoms with Crippen LogP contribution in [0.15, 0.2) is 10.6 Å². The second-order valence-corrected chi connectivity index (χ2v) is 5.89. The molecule has 2 N–H and O–H groups in total. The summed E-state index contributed by atoms with van der Waals surface area (Å²) in [6, 6.07) is 1.63. The van der Waals surface area contributed by atoms with Crippen molar-refractivity contribution >= 4 is 35.4 Å². The second-order valence-electron chi connectivity index (χ2n) is 4.90. The summed E-state index contributed by atoms with van der Waals surface area (Å²) < 4.78 is 9.64. The number of aryl methyl sites for hydroxylation is 1. The van der Waals surface area contributed by atoms with E-state index in [0.717, 1.165) is 18.2 Å². The number of carbonyl (C=O) groups excluding carboxylic acids is 3. The van der Waals surface area contributed by atoms with E-state index in [1.165, 1.54) is 0 Å². The van der Waals surface area contributed by atoms with Gasteiger partial charge in [-0.15, -0.1) is 11.8 Å². The van der Waals surface area contributed by atoms with Crippen molar-refractivity contribution in [1.29, 1.82) is 0 Å². The molecule has 1 rings (SSSR count). The number of hydrogen-bond donors (Lipinski definition) is 2. The number of esters is 1. The number of rotatable bonds is 9. The second kappa shape index (κ2) is 9.88. The zero-order valence-electron chi connectivity index (χ0n) is 13.4. The molecule has 1 aromatic rings. The van der Waals surface area contributed by atoms with Crippen molar-refractivity contribution in [3.8, 4) is 0 Å². The van der Waals surface area contributed by atoms with Gasteiger partial charge in [0.25, 0.3) is 5.91 Å². The Morgan fingerprint density at radius 1 is 1.35 bits per heavy atom. The minimum atomic E-state index is -0.542. The lowest BCUT2D eigenvalue weighted by atomic mass is 10.2. The van der Waals surface area contributed by atoms with Crippen molar-refractivity contribution in [2.45, 2.75) is 33.2 Å². The summed E-state index contributed by atoms with van der Waals surface area (Å²) >= 11 is 1.09. The monoisotopic (exact) mass is 343 g/mol. The molecule has 0 saturated carbocycles. The molecule has 0 radical (unpaired) electrons. The van der Waals surface area contributed by atoms with Gasteiger partial charge in [-0.25, -0.2) is 0 Å². The standard InChI is InChI=1S/C14H21N3O5S/c1-4-9(2)15-12(18)6-21-14(20)8-23-7-13(19)16-11-5-10(3)22-17-11/h5,9H,4,6-8H2,1-3H3,(H,15,18)(H,16,17,19)/t9-/m1/s1. The molecule has 1 atom stereocenters. The molecule has 0 fully saturated rings. The lowest BCUT2D eigenvalue weighted by Crippen LogP contribution is -2.35. The van der Waals surface area contributed by atoms with Crippen molar-refractivity contribution in [2.24, 2.45) is 0 Å².